The third-order valence-corrected chi connectivity index (χ3v) is 3.89. The molecule has 1 aromatic carbocycles. The fourth-order valence-electron chi connectivity index (χ4n) is 2.48. The van der Waals surface area contributed by atoms with Crippen molar-refractivity contribution in [3.05, 3.63) is 47.2 Å². The Kier molecular flexibility index (Phi) is 4.18. The van der Waals surface area contributed by atoms with Gasteiger partial charge in [-0.05, 0) is 31.0 Å². The maximum atomic E-state index is 10.0. The third kappa shape index (κ3) is 3.67. The lowest BCUT2D eigenvalue weighted by atomic mass is 10.1. The Bertz CT molecular complexity index is 663. The molecule has 1 aliphatic heterocycles. The Labute approximate surface area is 134 Å². The molecular formula is C16H18ClN3O2. The SMILES string of the molecule is CC1(O)CCN(c2cncc(OCc3cccc(Cl)c3)n2)C1. The number of halogens is 1. The molecule has 0 amide bonds. The largest absolute Gasteiger partial charge is 0.472 e. The molecule has 0 aliphatic carbocycles. The second kappa shape index (κ2) is 6.10. The second-order valence-electron chi connectivity index (χ2n) is 5.80. The Balaban J connectivity index is 1.67. The minimum Gasteiger partial charge on any atom is -0.472 e. The molecule has 0 saturated carbocycles. The van der Waals surface area contributed by atoms with Crippen LogP contribution in [-0.2, 0) is 6.61 Å². The molecule has 1 N–H and O–H groups in total. The van der Waals surface area contributed by atoms with Crippen LogP contribution in [0.3, 0.4) is 0 Å². The molecule has 2 aromatic rings. The lowest BCUT2D eigenvalue weighted by molar-refractivity contribution is 0.0839. The van der Waals surface area contributed by atoms with Crippen molar-refractivity contribution in [1.82, 2.24) is 9.97 Å². The molecule has 5 nitrogen and oxygen atoms in total. The van der Waals surface area contributed by atoms with Crippen LogP contribution in [0.1, 0.15) is 18.9 Å². The zero-order chi connectivity index (χ0) is 15.6. The van der Waals surface area contributed by atoms with E-state index in [9.17, 15) is 5.11 Å². The molecule has 1 atom stereocenters. The first kappa shape index (κ1) is 15.1. The van der Waals surface area contributed by atoms with Gasteiger partial charge >= 0.3 is 0 Å². The number of β-amino-alcohol motifs (C(OH)–C–C–N with tert-alkyl or cyclic N) is 1. The highest BCUT2D eigenvalue weighted by Crippen LogP contribution is 2.25. The van der Waals surface area contributed by atoms with E-state index in [1.54, 1.807) is 12.4 Å². The van der Waals surface area contributed by atoms with Crippen LogP contribution in [0.4, 0.5) is 5.82 Å². The fourth-order valence-corrected chi connectivity index (χ4v) is 2.70. The van der Waals surface area contributed by atoms with Crippen LogP contribution in [0.2, 0.25) is 5.02 Å². The molecule has 2 heterocycles. The fraction of sp³-hybridized carbons (Fsp3) is 0.375. The summed E-state index contributed by atoms with van der Waals surface area (Å²) in [6, 6.07) is 7.51. The molecule has 6 heteroatoms. The predicted molar refractivity (Wildman–Crippen MR) is 85.3 cm³/mol. The summed E-state index contributed by atoms with van der Waals surface area (Å²) >= 11 is 5.95. The number of ether oxygens (including phenoxy) is 1. The van der Waals surface area contributed by atoms with Crippen LogP contribution in [-0.4, -0.2) is 33.8 Å². The maximum Gasteiger partial charge on any atom is 0.234 e. The van der Waals surface area contributed by atoms with E-state index in [-0.39, 0.29) is 0 Å². The van der Waals surface area contributed by atoms with Crippen molar-refractivity contribution in [2.45, 2.75) is 25.6 Å². The van der Waals surface area contributed by atoms with Crippen molar-refractivity contribution < 1.29 is 9.84 Å². The van der Waals surface area contributed by atoms with Gasteiger partial charge in [0.05, 0.1) is 18.0 Å². The summed E-state index contributed by atoms with van der Waals surface area (Å²) in [4.78, 5) is 10.6. The van der Waals surface area contributed by atoms with Crippen LogP contribution >= 0.6 is 11.6 Å². The highest BCUT2D eigenvalue weighted by Gasteiger charge is 2.32. The smallest absolute Gasteiger partial charge is 0.234 e. The molecule has 1 saturated heterocycles. The monoisotopic (exact) mass is 319 g/mol. The summed E-state index contributed by atoms with van der Waals surface area (Å²) in [5.41, 5.74) is 0.308. The topological polar surface area (TPSA) is 58.5 Å². The zero-order valence-corrected chi connectivity index (χ0v) is 13.1. The molecule has 22 heavy (non-hydrogen) atoms. The van der Waals surface area contributed by atoms with Gasteiger partial charge in [0.1, 0.15) is 6.61 Å². The van der Waals surface area contributed by atoms with Crippen LogP contribution in [0.15, 0.2) is 36.7 Å². The van der Waals surface area contributed by atoms with E-state index in [0.717, 1.165) is 24.3 Å². The average molecular weight is 320 g/mol. The predicted octanol–water partition coefficient (Wildman–Crippen LogP) is 2.67. The van der Waals surface area contributed by atoms with E-state index in [2.05, 4.69) is 9.97 Å². The van der Waals surface area contributed by atoms with Gasteiger partial charge in [-0.2, -0.15) is 4.98 Å². The molecule has 116 valence electrons. The molecule has 1 unspecified atom stereocenters. The van der Waals surface area contributed by atoms with Gasteiger partial charge in [0.2, 0.25) is 5.88 Å². The van der Waals surface area contributed by atoms with Gasteiger partial charge < -0.3 is 14.7 Å². The molecule has 0 spiro atoms. The van der Waals surface area contributed by atoms with E-state index in [0.29, 0.717) is 24.1 Å². The van der Waals surface area contributed by atoms with E-state index in [1.807, 2.05) is 36.1 Å². The Morgan fingerprint density at radius 1 is 1.41 bits per heavy atom. The Hall–Kier alpha value is -1.85. The van der Waals surface area contributed by atoms with E-state index in [4.69, 9.17) is 16.3 Å². The number of aliphatic hydroxyl groups is 1. The van der Waals surface area contributed by atoms with Crippen LogP contribution in [0.25, 0.3) is 0 Å². The summed E-state index contributed by atoms with van der Waals surface area (Å²) in [6.45, 7) is 3.54. The summed E-state index contributed by atoms with van der Waals surface area (Å²) in [5.74, 6) is 1.19. The normalized spacial score (nSPS) is 21.1. The van der Waals surface area contributed by atoms with Crippen LogP contribution < -0.4 is 9.64 Å². The summed E-state index contributed by atoms with van der Waals surface area (Å²) < 4.78 is 5.68. The number of nitrogens with zero attached hydrogens (tertiary/aromatic N) is 3. The first-order valence-electron chi connectivity index (χ1n) is 7.18. The molecule has 1 aliphatic rings. The quantitative estimate of drug-likeness (QED) is 0.939. The Morgan fingerprint density at radius 2 is 2.27 bits per heavy atom. The molecule has 0 bridgehead atoms. The average Bonchev–Trinajstić information content (AvgIpc) is 2.86. The minimum absolute atomic E-state index is 0.385. The van der Waals surface area contributed by atoms with Gasteiger partial charge in [0, 0.05) is 18.1 Å². The first-order chi connectivity index (χ1) is 10.5. The van der Waals surface area contributed by atoms with Crippen molar-refractivity contribution >= 4 is 17.4 Å². The number of aromatic nitrogens is 2. The second-order valence-corrected chi connectivity index (χ2v) is 6.24. The summed E-state index contributed by atoms with van der Waals surface area (Å²) in [6.07, 6.45) is 4.00. The van der Waals surface area contributed by atoms with Gasteiger partial charge in [-0.3, -0.25) is 4.98 Å². The highest BCUT2D eigenvalue weighted by atomic mass is 35.5. The lowest BCUT2D eigenvalue weighted by Gasteiger charge is -2.19. The van der Waals surface area contributed by atoms with E-state index >= 15 is 0 Å². The van der Waals surface area contributed by atoms with Crippen molar-refractivity contribution in [1.29, 1.82) is 0 Å². The maximum absolute atomic E-state index is 10.0. The standard InChI is InChI=1S/C16H18ClN3O2/c1-16(21)5-6-20(11-16)14-8-18-9-15(19-14)22-10-12-3-2-4-13(17)7-12/h2-4,7-9,21H,5-6,10-11H2,1H3. The minimum atomic E-state index is -0.667. The van der Waals surface area contributed by atoms with Crippen molar-refractivity contribution in [2.75, 3.05) is 18.0 Å². The van der Waals surface area contributed by atoms with Gasteiger partial charge in [-0.1, -0.05) is 23.7 Å². The van der Waals surface area contributed by atoms with Gasteiger partial charge in [0.25, 0.3) is 0 Å². The third-order valence-electron chi connectivity index (χ3n) is 3.65. The summed E-state index contributed by atoms with van der Waals surface area (Å²) in [5, 5.41) is 10.7. The van der Waals surface area contributed by atoms with Crippen molar-refractivity contribution in [3.63, 3.8) is 0 Å². The van der Waals surface area contributed by atoms with Crippen LogP contribution in [0.5, 0.6) is 5.88 Å². The Morgan fingerprint density at radius 3 is 3.00 bits per heavy atom. The molecule has 1 aromatic heterocycles. The number of hydrogen-bond donors (Lipinski definition) is 1. The number of anilines is 1. The van der Waals surface area contributed by atoms with Gasteiger partial charge in [0.15, 0.2) is 5.82 Å². The number of hydrogen-bond acceptors (Lipinski definition) is 5. The molecular weight excluding hydrogens is 302 g/mol. The van der Waals surface area contributed by atoms with Crippen molar-refractivity contribution in [3.8, 4) is 5.88 Å². The summed E-state index contributed by atoms with van der Waals surface area (Å²) in [7, 11) is 0. The lowest BCUT2D eigenvalue weighted by Crippen LogP contribution is -2.30. The van der Waals surface area contributed by atoms with Gasteiger partial charge in [-0.15, -0.1) is 0 Å². The van der Waals surface area contributed by atoms with Gasteiger partial charge in [-0.25, -0.2) is 0 Å². The zero-order valence-electron chi connectivity index (χ0n) is 12.4. The van der Waals surface area contributed by atoms with Crippen molar-refractivity contribution in [2.24, 2.45) is 0 Å². The first-order valence-corrected chi connectivity index (χ1v) is 7.56. The number of benzene rings is 1. The number of rotatable bonds is 4. The van der Waals surface area contributed by atoms with E-state index in [1.165, 1.54) is 0 Å². The molecule has 1 fully saturated rings. The highest BCUT2D eigenvalue weighted by molar-refractivity contribution is 6.30. The van der Waals surface area contributed by atoms with Crippen LogP contribution in [0, 0.1) is 0 Å². The molecule has 0 radical (unpaired) electrons. The molecule has 3 rings (SSSR count). The van der Waals surface area contributed by atoms with E-state index < -0.39 is 5.60 Å².